The van der Waals surface area contributed by atoms with Crippen molar-refractivity contribution in [2.45, 2.75) is 12.4 Å². The molecule has 0 bridgehead atoms. The average molecular weight is 367 g/mol. The zero-order valence-corrected chi connectivity index (χ0v) is 14.2. The topological polar surface area (TPSA) is 35.2 Å². The number of hydrogen-bond donors (Lipinski definition) is 1. The normalized spacial score (nSPS) is 13.0. The molecule has 2 nitrogen and oxygen atoms in total. The fourth-order valence-corrected chi connectivity index (χ4v) is 3.43. The van der Waals surface area contributed by atoms with E-state index in [1.807, 2.05) is 48.5 Å². The van der Waals surface area contributed by atoms with Crippen LogP contribution >= 0.6 is 0 Å². The molecule has 0 saturated carbocycles. The van der Waals surface area contributed by atoms with Crippen molar-refractivity contribution in [3.63, 3.8) is 0 Å². The molecule has 0 aliphatic carbocycles. The summed E-state index contributed by atoms with van der Waals surface area (Å²) in [5, 5.41) is 4.19. The minimum atomic E-state index is -4.71. The Morgan fingerprint density at radius 3 is 1.78 bits per heavy atom. The van der Waals surface area contributed by atoms with Crippen molar-refractivity contribution in [3.05, 3.63) is 90.0 Å². The summed E-state index contributed by atoms with van der Waals surface area (Å²) in [6.07, 6.45) is -4.71. The van der Waals surface area contributed by atoms with Crippen LogP contribution in [-0.4, -0.2) is 6.36 Å². The zero-order valence-electron chi connectivity index (χ0n) is 14.2. The Kier molecular flexibility index (Phi) is 4.24. The molecule has 4 aromatic carbocycles. The van der Waals surface area contributed by atoms with Gasteiger partial charge in [-0.05, 0) is 50.9 Å². The molecule has 0 fully saturated rings. The lowest BCUT2D eigenvalue weighted by atomic mass is 9.89. The highest BCUT2D eigenvalue weighted by atomic mass is 19.4. The van der Waals surface area contributed by atoms with E-state index in [1.54, 1.807) is 12.1 Å². The number of alkyl halides is 3. The van der Waals surface area contributed by atoms with Crippen LogP contribution in [0.1, 0.15) is 17.2 Å². The zero-order chi connectivity index (χ0) is 19.0. The van der Waals surface area contributed by atoms with Crippen molar-refractivity contribution in [1.29, 1.82) is 0 Å². The molecule has 0 aromatic heterocycles. The maximum atomic E-state index is 12.4. The number of nitrogens with two attached hydrogens (primary N) is 1. The highest BCUT2D eigenvalue weighted by Gasteiger charge is 2.31. The minimum Gasteiger partial charge on any atom is -0.406 e. The number of fused-ring (bicyclic) bond motifs is 2. The van der Waals surface area contributed by atoms with Crippen LogP contribution in [0.2, 0.25) is 0 Å². The first-order valence-corrected chi connectivity index (χ1v) is 8.44. The van der Waals surface area contributed by atoms with Crippen LogP contribution in [0, 0.1) is 0 Å². The molecular weight excluding hydrogens is 351 g/mol. The van der Waals surface area contributed by atoms with E-state index in [2.05, 4.69) is 10.8 Å². The first-order chi connectivity index (χ1) is 12.9. The summed E-state index contributed by atoms with van der Waals surface area (Å²) in [5.41, 5.74) is 8.23. The quantitative estimate of drug-likeness (QED) is 0.455. The molecule has 2 N–H and O–H groups in total. The molecule has 0 saturated heterocycles. The van der Waals surface area contributed by atoms with E-state index in [0.717, 1.165) is 27.1 Å². The van der Waals surface area contributed by atoms with Gasteiger partial charge in [-0.2, -0.15) is 0 Å². The van der Waals surface area contributed by atoms with Gasteiger partial charge in [0.25, 0.3) is 0 Å². The first-order valence-electron chi connectivity index (χ1n) is 8.44. The third kappa shape index (κ3) is 3.46. The summed E-state index contributed by atoms with van der Waals surface area (Å²) in [7, 11) is 0. The van der Waals surface area contributed by atoms with Crippen molar-refractivity contribution in [3.8, 4) is 5.75 Å². The number of ether oxygens (including phenoxy) is 1. The van der Waals surface area contributed by atoms with Gasteiger partial charge in [-0.1, -0.05) is 60.7 Å². The van der Waals surface area contributed by atoms with Gasteiger partial charge in [0, 0.05) is 0 Å². The van der Waals surface area contributed by atoms with Gasteiger partial charge in [-0.15, -0.1) is 13.2 Å². The summed E-state index contributed by atoms with van der Waals surface area (Å²) >= 11 is 0. The van der Waals surface area contributed by atoms with Gasteiger partial charge >= 0.3 is 6.36 Å². The van der Waals surface area contributed by atoms with E-state index in [0.29, 0.717) is 5.56 Å². The lowest BCUT2D eigenvalue weighted by Gasteiger charge is -2.19. The van der Waals surface area contributed by atoms with Crippen molar-refractivity contribution in [2.24, 2.45) is 5.73 Å². The molecule has 4 rings (SSSR count). The molecule has 1 atom stereocenters. The van der Waals surface area contributed by atoms with Crippen LogP contribution in [0.3, 0.4) is 0 Å². The van der Waals surface area contributed by atoms with Gasteiger partial charge in [-0.25, -0.2) is 0 Å². The Morgan fingerprint density at radius 2 is 1.26 bits per heavy atom. The lowest BCUT2D eigenvalue weighted by molar-refractivity contribution is -0.274. The maximum absolute atomic E-state index is 12.4. The van der Waals surface area contributed by atoms with Gasteiger partial charge in [0.15, 0.2) is 0 Å². The fraction of sp³-hybridized carbons (Fsp3) is 0.0909. The summed E-state index contributed by atoms with van der Waals surface area (Å²) in [6, 6.07) is 23.3. The Balaban J connectivity index is 1.83. The van der Waals surface area contributed by atoms with E-state index >= 15 is 0 Å². The van der Waals surface area contributed by atoms with Crippen molar-refractivity contribution in [2.75, 3.05) is 0 Å². The average Bonchev–Trinajstić information content (AvgIpc) is 2.65. The minimum absolute atomic E-state index is 0.263. The Hall–Kier alpha value is -3.05. The second-order valence-corrected chi connectivity index (χ2v) is 6.33. The van der Waals surface area contributed by atoms with Crippen LogP contribution in [-0.2, 0) is 0 Å². The monoisotopic (exact) mass is 367 g/mol. The van der Waals surface area contributed by atoms with Gasteiger partial charge in [0.1, 0.15) is 5.75 Å². The molecular formula is C22H16F3NO. The fourth-order valence-electron chi connectivity index (χ4n) is 3.43. The summed E-state index contributed by atoms with van der Waals surface area (Å²) in [4.78, 5) is 0. The van der Waals surface area contributed by atoms with Crippen molar-refractivity contribution in [1.82, 2.24) is 0 Å². The van der Waals surface area contributed by atoms with Gasteiger partial charge in [0.05, 0.1) is 6.04 Å². The lowest BCUT2D eigenvalue weighted by Crippen LogP contribution is -2.17. The number of hydrogen-bond acceptors (Lipinski definition) is 2. The van der Waals surface area contributed by atoms with E-state index in [-0.39, 0.29) is 5.75 Å². The standard InChI is InChI=1S/C22H16F3NO/c23-22(24,25)27-17-11-9-14(10-12-17)21(26)20-18-7-3-1-5-15(18)13-16-6-2-4-8-19(16)20/h1-13,21H,26H2/t21-/m0/s1. The molecule has 0 heterocycles. The highest BCUT2D eigenvalue weighted by Crippen LogP contribution is 2.35. The summed E-state index contributed by atoms with van der Waals surface area (Å²) < 4.78 is 41.0. The van der Waals surface area contributed by atoms with E-state index < -0.39 is 12.4 Å². The predicted molar refractivity (Wildman–Crippen MR) is 101 cm³/mol. The predicted octanol–water partition coefficient (Wildman–Crippen LogP) is 5.94. The Labute approximate surface area is 154 Å². The Bertz CT molecular complexity index is 1050. The molecule has 0 radical (unpaired) electrons. The van der Waals surface area contributed by atoms with E-state index in [9.17, 15) is 13.2 Å². The third-order valence-electron chi connectivity index (χ3n) is 4.60. The van der Waals surface area contributed by atoms with Crippen molar-refractivity contribution < 1.29 is 17.9 Å². The molecule has 0 spiro atoms. The smallest absolute Gasteiger partial charge is 0.406 e. The second-order valence-electron chi connectivity index (χ2n) is 6.33. The second kappa shape index (κ2) is 6.59. The molecule has 27 heavy (non-hydrogen) atoms. The van der Waals surface area contributed by atoms with E-state index in [4.69, 9.17) is 5.73 Å². The number of halogens is 3. The Morgan fingerprint density at radius 1 is 0.741 bits per heavy atom. The molecule has 4 aromatic rings. The number of rotatable bonds is 3. The maximum Gasteiger partial charge on any atom is 0.573 e. The summed E-state index contributed by atoms with van der Waals surface area (Å²) in [5.74, 6) is -0.263. The highest BCUT2D eigenvalue weighted by molar-refractivity contribution is 6.03. The molecule has 5 heteroatoms. The first kappa shape index (κ1) is 17.4. The van der Waals surface area contributed by atoms with Crippen LogP contribution in [0.15, 0.2) is 78.9 Å². The van der Waals surface area contributed by atoms with Gasteiger partial charge < -0.3 is 10.5 Å². The van der Waals surface area contributed by atoms with Crippen LogP contribution in [0.5, 0.6) is 5.75 Å². The van der Waals surface area contributed by atoms with E-state index in [1.165, 1.54) is 12.1 Å². The van der Waals surface area contributed by atoms with Crippen LogP contribution in [0.25, 0.3) is 21.5 Å². The van der Waals surface area contributed by atoms with Crippen LogP contribution < -0.4 is 10.5 Å². The van der Waals surface area contributed by atoms with Gasteiger partial charge in [0.2, 0.25) is 0 Å². The number of benzene rings is 4. The molecule has 136 valence electrons. The van der Waals surface area contributed by atoms with Crippen molar-refractivity contribution >= 4 is 21.5 Å². The SMILES string of the molecule is N[C@@H](c1ccc(OC(F)(F)F)cc1)c1c2ccccc2cc2ccccc12. The molecule has 0 aliphatic heterocycles. The molecule has 0 unspecified atom stereocenters. The molecule has 0 amide bonds. The van der Waals surface area contributed by atoms with Crippen LogP contribution in [0.4, 0.5) is 13.2 Å². The third-order valence-corrected chi connectivity index (χ3v) is 4.60. The summed E-state index contributed by atoms with van der Waals surface area (Å²) in [6.45, 7) is 0. The largest absolute Gasteiger partial charge is 0.573 e. The van der Waals surface area contributed by atoms with Gasteiger partial charge in [-0.3, -0.25) is 0 Å². The molecule has 0 aliphatic rings.